The van der Waals surface area contributed by atoms with Crippen molar-refractivity contribution >= 4 is 57.5 Å². The van der Waals surface area contributed by atoms with Crippen molar-refractivity contribution < 1.29 is 9.59 Å². The summed E-state index contributed by atoms with van der Waals surface area (Å²) in [7, 11) is 0. The van der Waals surface area contributed by atoms with E-state index in [1.54, 1.807) is 60.7 Å². The summed E-state index contributed by atoms with van der Waals surface area (Å²) in [5.41, 5.74) is 4.15. The zero-order valence-electron chi connectivity index (χ0n) is 16.7. The molecular formula is C26H16Cl2N2O2. The van der Waals surface area contributed by atoms with Crippen LogP contribution in [0.15, 0.2) is 84.9 Å². The topological polar surface area (TPSA) is 58.2 Å². The first-order valence-electron chi connectivity index (χ1n) is 9.92. The molecule has 0 saturated carbocycles. The molecule has 0 fully saturated rings. The molecule has 0 saturated heterocycles. The van der Waals surface area contributed by atoms with Gasteiger partial charge in [0.05, 0.1) is 22.5 Å². The first kappa shape index (κ1) is 20.3. The summed E-state index contributed by atoms with van der Waals surface area (Å²) in [5, 5.41) is 7.72. The van der Waals surface area contributed by atoms with Gasteiger partial charge in [0.2, 0.25) is 0 Å². The summed E-state index contributed by atoms with van der Waals surface area (Å²) in [6, 6.07) is 24.8. The molecule has 0 aromatic heterocycles. The van der Waals surface area contributed by atoms with E-state index < -0.39 is 0 Å². The second-order valence-corrected chi connectivity index (χ2v) is 8.25. The van der Waals surface area contributed by atoms with Crippen molar-refractivity contribution in [1.82, 2.24) is 0 Å². The maximum atomic E-state index is 13.5. The maximum Gasteiger partial charge on any atom is 0.196 e. The molecule has 4 aromatic carbocycles. The van der Waals surface area contributed by atoms with E-state index >= 15 is 0 Å². The van der Waals surface area contributed by atoms with Gasteiger partial charge in [-0.2, -0.15) is 0 Å². The molecule has 0 amide bonds. The van der Waals surface area contributed by atoms with Gasteiger partial charge >= 0.3 is 0 Å². The van der Waals surface area contributed by atoms with Crippen molar-refractivity contribution in [3.8, 4) is 0 Å². The van der Waals surface area contributed by atoms with Gasteiger partial charge in [-0.25, -0.2) is 0 Å². The molecule has 4 aromatic rings. The quantitative estimate of drug-likeness (QED) is 0.297. The first-order valence-corrected chi connectivity index (χ1v) is 10.7. The monoisotopic (exact) mass is 458 g/mol. The number of hydrogen-bond acceptors (Lipinski definition) is 4. The minimum Gasteiger partial charge on any atom is -0.355 e. The minimum absolute atomic E-state index is 0.202. The predicted molar refractivity (Wildman–Crippen MR) is 129 cm³/mol. The molecule has 0 unspecified atom stereocenters. The van der Waals surface area contributed by atoms with Crippen molar-refractivity contribution in [2.24, 2.45) is 0 Å². The van der Waals surface area contributed by atoms with Crippen molar-refractivity contribution in [1.29, 1.82) is 0 Å². The van der Waals surface area contributed by atoms with Crippen LogP contribution in [0.4, 0.5) is 22.7 Å². The summed E-state index contributed by atoms with van der Waals surface area (Å²) < 4.78 is 0. The Hall–Kier alpha value is -3.60. The number of fused-ring (bicyclic) bond motifs is 2. The molecule has 0 radical (unpaired) electrons. The Morgan fingerprint density at radius 3 is 1.25 bits per heavy atom. The third kappa shape index (κ3) is 3.64. The van der Waals surface area contributed by atoms with Crippen molar-refractivity contribution in [2.45, 2.75) is 0 Å². The van der Waals surface area contributed by atoms with Crippen molar-refractivity contribution in [2.75, 3.05) is 10.6 Å². The second-order valence-electron chi connectivity index (χ2n) is 7.38. The SMILES string of the molecule is O=C1c2cccc(Nc3ccc(Cl)cc3)c2C(=O)c2cccc(Nc3ccc(Cl)cc3)c21. The lowest BCUT2D eigenvalue weighted by Gasteiger charge is -2.23. The lowest BCUT2D eigenvalue weighted by atomic mass is 9.82. The van der Waals surface area contributed by atoms with Gasteiger partial charge < -0.3 is 10.6 Å². The molecule has 1 aliphatic carbocycles. The molecule has 0 atom stereocenters. The minimum atomic E-state index is -0.202. The zero-order chi connectivity index (χ0) is 22.2. The van der Waals surface area contributed by atoms with Gasteiger partial charge in [-0.3, -0.25) is 9.59 Å². The third-order valence-corrected chi connectivity index (χ3v) is 5.82. The Kier molecular flexibility index (Phi) is 5.17. The Labute approximate surface area is 194 Å². The standard InChI is InChI=1S/C26H16Cl2N2O2/c27-15-7-11-17(12-8-15)29-21-5-1-3-19-23(21)26(32)20-4-2-6-22(24(20)25(19)31)30-18-13-9-16(28)10-14-18/h1-14,29-30H. The number of halogens is 2. The van der Waals surface area contributed by atoms with Gasteiger partial charge in [-0.1, -0.05) is 47.5 Å². The summed E-state index contributed by atoms with van der Waals surface area (Å²) in [6.07, 6.45) is 0. The van der Waals surface area contributed by atoms with Gasteiger partial charge in [-0.15, -0.1) is 0 Å². The second kappa shape index (κ2) is 8.15. The third-order valence-electron chi connectivity index (χ3n) is 5.32. The zero-order valence-corrected chi connectivity index (χ0v) is 18.2. The van der Waals surface area contributed by atoms with Crippen LogP contribution >= 0.6 is 23.2 Å². The van der Waals surface area contributed by atoms with Crippen LogP contribution in [0.3, 0.4) is 0 Å². The highest BCUT2D eigenvalue weighted by Crippen LogP contribution is 2.37. The number of nitrogens with one attached hydrogen (secondary N) is 2. The van der Waals surface area contributed by atoms with Crippen LogP contribution in [0.5, 0.6) is 0 Å². The van der Waals surface area contributed by atoms with Gasteiger partial charge in [0.1, 0.15) is 0 Å². The number of hydrogen-bond donors (Lipinski definition) is 2. The van der Waals surface area contributed by atoms with E-state index in [2.05, 4.69) is 10.6 Å². The largest absolute Gasteiger partial charge is 0.355 e. The molecule has 32 heavy (non-hydrogen) atoms. The Balaban J connectivity index is 1.56. The molecule has 0 heterocycles. The fourth-order valence-corrected chi connectivity index (χ4v) is 4.08. The van der Waals surface area contributed by atoms with Crippen LogP contribution in [-0.2, 0) is 0 Å². The molecule has 0 bridgehead atoms. The molecule has 4 nitrogen and oxygen atoms in total. The smallest absolute Gasteiger partial charge is 0.196 e. The summed E-state index contributed by atoms with van der Waals surface area (Å²) in [5.74, 6) is -0.405. The Morgan fingerprint density at radius 1 is 0.500 bits per heavy atom. The van der Waals surface area contributed by atoms with E-state index in [1.165, 1.54) is 0 Å². The van der Waals surface area contributed by atoms with E-state index in [0.29, 0.717) is 43.7 Å². The number of benzene rings is 4. The van der Waals surface area contributed by atoms with Gasteiger partial charge in [-0.05, 0) is 60.7 Å². The van der Waals surface area contributed by atoms with Crippen LogP contribution in [0.25, 0.3) is 0 Å². The summed E-state index contributed by atoms with van der Waals surface area (Å²) in [4.78, 5) is 27.0. The number of anilines is 4. The van der Waals surface area contributed by atoms with E-state index in [9.17, 15) is 9.59 Å². The van der Waals surface area contributed by atoms with Crippen LogP contribution < -0.4 is 10.6 Å². The molecule has 1 aliphatic rings. The average molecular weight is 459 g/mol. The van der Waals surface area contributed by atoms with Crippen LogP contribution in [0.2, 0.25) is 10.0 Å². The highest BCUT2D eigenvalue weighted by Gasteiger charge is 2.33. The molecule has 6 heteroatoms. The molecule has 0 aliphatic heterocycles. The van der Waals surface area contributed by atoms with Crippen LogP contribution in [-0.4, -0.2) is 11.6 Å². The van der Waals surface area contributed by atoms with Crippen molar-refractivity contribution in [3.05, 3.63) is 117 Å². The molecule has 2 N–H and O–H groups in total. The lowest BCUT2D eigenvalue weighted by Crippen LogP contribution is -2.23. The molecular weight excluding hydrogens is 443 g/mol. The first-order chi connectivity index (χ1) is 15.5. The average Bonchev–Trinajstić information content (AvgIpc) is 2.80. The van der Waals surface area contributed by atoms with E-state index in [1.807, 2.05) is 24.3 Å². The summed E-state index contributed by atoms with van der Waals surface area (Å²) >= 11 is 11.9. The Bertz CT molecular complexity index is 1260. The number of ketones is 2. The van der Waals surface area contributed by atoms with E-state index in [0.717, 1.165) is 11.4 Å². The number of carbonyl (C=O) groups excluding carboxylic acids is 2. The molecule has 0 spiro atoms. The Morgan fingerprint density at radius 2 is 0.875 bits per heavy atom. The van der Waals surface area contributed by atoms with Crippen LogP contribution in [0, 0.1) is 0 Å². The van der Waals surface area contributed by atoms with E-state index in [-0.39, 0.29) is 11.6 Å². The molecule has 5 rings (SSSR count). The highest BCUT2D eigenvalue weighted by atomic mass is 35.5. The highest BCUT2D eigenvalue weighted by molar-refractivity contribution is 6.32. The van der Waals surface area contributed by atoms with Gasteiger partial charge in [0.25, 0.3) is 0 Å². The fraction of sp³-hybridized carbons (Fsp3) is 0. The van der Waals surface area contributed by atoms with E-state index in [4.69, 9.17) is 23.2 Å². The summed E-state index contributed by atoms with van der Waals surface area (Å²) in [6.45, 7) is 0. The lowest BCUT2D eigenvalue weighted by molar-refractivity contribution is 0.0980. The molecule has 156 valence electrons. The van der Waals surface area contributed by atoms with Crippen molar-refractivity contribution in [3.63, 3.8) is 0 Å². The van der Waals surface area contributed by atoms with Crippen LogP contribution in [0.1, 0.15) is 31.8 Å². The van der Waals surface area contributed by atoms with Gasteiger partial charge in [0.15, 0.2) is 11.6 Å². The predicted octanol–water partition coefficient (Wildman–Crippen LogP) is 7.26. The number of rotatable bonds is 4. The maximum absolute atomic E-state index is 13.5. The van der Waals surface area contributed by atoms with Gasteiger partial charge in [0, 0.05) is 32.5 Å². The number of carbonyl (C=O) groups is 2. The normalized spacial score (nSPS) is 12.2. The fourth-order valence-electron chi connectivity index (χ4n) is 3.83.